The van der Waals surface area contributed by atoms with E-state index in [1.165, 1.54) is 0 Å². The third-order valence-corrected chi connectivity index (χ3v) is 3.97. The SMILES string of the molecule is CN=Nc1ccc(-c2ccn3nc(NCCOC(C)C)ncc23)cc1C. The number of hydrogen-bond acceptors (Lipinski definition) is 6. The molecule has 0 saturated heterocycles. The number of fused-ring (bicyclic) bond motifs is 1. The molecule has 0 atom stereocenters. The van der Waals surface area contributed by atoms with Crippen LogP contribution in [0, 0.1) is 6.92 Å². The third kappa shape index (κ3) is 4.05. The van der Waals surface area contributed by atoms with Gasteiger partial charge in [-0.2, -0.15) is 10.2 Å². The summed E-state index contributed by atoms with van der Waals surface area (Å²) in [6.45, 7) is 7.36. The fourth-order valence-corrected chi connectivity index (χ4v) is 2.73. The number of nitrogens with zero attached hydrogens (tertiary/aromatic N) is 5. The molecule has 0 saturated carbocycles. The quantitative estimate of drug-likeness (QED) is 0.509. The molecular formula is C19H24N6O. The van der Waals surface area contributed by atoms with Gasteiger partial charge in [-0.3, -0.25) is 0 Å². The van der Waals surface area contributed by atoms with Gasteiger partial charge in [-0.1, -0.05) is 6.07 Å². The Morgan fingerprint density at radius 3 is 2.85 bits per heavy atom. The van der Waals surface area contributed by atoms with Crippen molar-refractivity contribution in [2.75, 3.05) is 25.5 Å². The maximum atomic E-state index is 5.51. The molecule has 7 heteroatoms. The number of rotatable bonds is 7. The van der Waals surface area contributed by atoms with Crippen molar-refractivity contribution in [2.45, 2.75) is 26.9 Å². The van der Waals surface area contributed by atoms with Gasteiger partial charge in [0.1, 0.15) is 0 Å². The predicted octanol–water partition coefficient (Wildman–Crippen LogP) is 4.26. The summed E-state index contributed by atoms with van der Waals surface area (Å²) in [7, 11) is 1.67. The van der Waals surface area contributed by atoms with Crippen LogP contribution in [0.25, 0.3) is 16.6 Å². The van der Waals surface area contributed by atoms with Crippen molar-refractivity contribution in [3.63, 3.8) is 0 Å². The van der Waals surface area contributed by atoms with Crippen molar-refractivity contribution in [1.82, 2.24) is 14.6 Å². The molecule has 2 aromatic heterocycles. The van der Waals surface area contributed by atoms with E-state index in [1.807, 2.05) is 55.9 Å². The number of benzene rings is 1. The molecule has 1 aromatic carbocycles. The van der Waals surface area contributed by atoms with Crippen LogP contribution in [0.15, 0.2) is 46.9 Å². The first-order valence-corrected chi connectivity index (χ1v) is 8.69. The average Bonchev–Trinajstić information content (AvgIpc) is 3.04. The molecular weight excluding hydrogens is 328 g/mol. The second kappa shape index (κ2) is 8.05. The number of aryl methyl sites for hydroxylation is 1. The third-order valence-electron chi connectivity index (χ3n) is 3.97. The number of hydrogen-bond donors (Lipinski definition) is 1. The second-order valence-electron chi connectivity index (χ2n) is 6.29. The highest BCUT2D eigenvalue weighted by atomic mass is 16.5. The zero-order chi connectivity index (χ0) is 18.5. The van der Waals surface area contributed by atoms with Gasteiger partial charge < -0.3 is 10.1 Å². The molecule has 136 valence electrons. The van der Waals surface area contributed by atoms with Crippen LogP contribution in [-0.2, 0) is 4.74 Å². The summed E-state index contributed by atoms with van der Waals surface area (Å²) in [5, 5.41) is 15.7. The Bertz CT molecular complexity index is 916. The molecule has 0 aliphatic heterocycles. The highest BCUT2D eigenvalue weighted by Gasteiger charge is 2.09. The van der Waals surface area contributed by atoms with Crippen LogP contribution in [0.1, 0.15) is 19.4 Å². The fourth-order valence-electron chi connectivity index (χ4n) is 2.73. The van der Waals surface area contributed by atoms with Crippen LogP contribution in [0.3, 0.4) is 0 Å². The van der Waals surface area contributed by atoms with E-state index in [4.69, 9.17) is 4.74 Å². The first-order valence-electron chi connectivity index (χ1n) is 8.69. The lowest BCUT2D eigenvalue weighted by Gasteiger charge is -2.09. The van der Waals surface area contributed by atoms with E-state index in [9.17, 15) is 0 Å². The molecule has 0 bridgehead atoms. The van der Waals surface area contributed by atoms with Crippen molar-refractivity contribution in [2.24, 2.45) is 10.2 Å². The number of anilines is 1. The standard InChI is InChI=1S/C19H24N6O/c1-13(2)26-10-8-21-19-22-12-18-16(7-9-25(18)24-19)15-5-6-17(23-20-4)14(3)11-15/h5-7,9,11-13H,8,10H2,1-4H3,(H,21,24). The average molecular weight is 352 g/mol. The van der Waals surface area contributed by atoms with Crippen molar-refractivity contribution in [1.29, 1.82) is 0 Å². The van der Waals surface area contributed by atoms with Crippen LogP contribution in [0.5, 0.6) is 0 Å². The molecule has 0 unspecified atom stereocenters. The van der Waals surface area contributed by atoms with E-state index in [-0.39, 0.29) is 6.10 Å². The molecule has 1 N–H and O–H groups in total. The van der Waals surface area contributed by atoms with Gasteiger partial charge in [0.25, 0.3) is 0 Å². The van der Waals surface area contributed by atoms with Crippen molar-refractivity contribution in [3.05, 3.63) is 42.2 Å². The van der Waals surface area contributed by atoms with E-state index in [0.717, 1.165) is 27.9 Å². The molecule has 0 amide bonds. The van der Waals surface area contributed by atoms with E-state index in [2.05, 4.69) is 31.7 Å². The van der Waals surface area contributed by atoms with Gasteiger partial charge in [-0.25, -0.2) is 9.50 Å². The molecule has 26 heavy (non-hydrogen) atoms. The predicted molar refractivity (Wildman–Crippen MR) is 103 cm³/mol. The topological polar surface area (TPSA) is 76.2 Å². The molecule has 0 spiro atoms. The molecule has 0 aliphatic carbocycles. The maximum absolute atomic E-state index is 5.51. The molecule has 2 heterocycles. The summed E-state index contributed by atoms with van der Waals surface area (Å²) in [6.07, 6.45) is 4.00. The van der Waals surface area contributed by atoms with Crippen LogP contribution >= 0.6 is 0 Å². The van der Waals surface area contributed by atoms with Crippen molar-refractivity contribution < 1.29 is 4.74 Å². The smallest absolute Gasteiger partial charge is 0.241 e. The summed E-state index contributed by atoms with van der Waals surface area (Å²) in [4.78, 5) is 4.42. The summed E-state index contributed by atoms with van der Waals surface area (Å²) in [5.74, 6) is 0.585. The molecule has 0 fully saturated rings. The van der Waals surface area contributed by atoms with Crippen LogP contribution in [-0.4, -0.2) is 40.9 Å². The Hall–Kier alpha value is -2.80. The van der Waals surface area contributed by atoms with Gasteiger partial charge in [0, 0.05) is 25.4 Å². The first kappa shape index (κ1) is 18.0. The van der Waals surface area contributed by atoms with E-state index >= 15 is 0 Å². The van der Waals surface area contributed by atoms with Gasteiger partial charge in [-0.15, -0.1) is 5.10 Å². The van der Waals surface area contributed by atoms with Gasteiger partial charge in [0.15, 0.2) is 0 Å². The first-order chi connectivity index (χ1) is 12.6. The van der Waals surface area contributed by atoms with E-state index in [1.54, 1.807) is 7.05 Å². The van der Waals surface area contributed by atoms with Crippen molar-refractivity contribution in [3.8, 4) is 11.1 Å². The minimum atomic E-state index is 0.223. The number of ether oxygens (including phenoxy) is 1. The Labute approximate surface area is 153 Å². The van der Waals surface area contributed by atoms with E-state index < -0.39 is 0 Å². The largest absolute Gasteiger partial charge is 0.377 e. The minimum Gasteiger partial charge on any atom is -0.377 e. The highest BCUT2D eigenvalue weighted by Crippen LogP contribution is 2.29. The second-order valence-corrected chi connectivity index (χ2v) is 6.29. The summed E-state index contributed by atoms with van der Waals surface area (Å²) >= 11 is 0. The van der Waals surface area contributed by atoms with Gasteiger partial charge >= 0.3 is 0 Å². The summed E-state index contributed by atoms with van der Waals surface area (Å²) < 4.78 is 7.35. The normalized spacial score (nSPS) is 11.7. The molecule has 7 nitrogen and oxygen atoms in total. The zero-order valence-electron chi connectivity index (χ0n) is 15.6. The Morgan fingerprint density at radius 1 is 1.27 bits per heavy atom. The van der Waals surface area contributed by atoms with Gasteiger partial charge in [-0.05, 0) is 50.1 Å². The van der Waals surface area contributed by atoms with Crippen LogP contribution in [0.2, 0.25) is 0 Å². The Balaban J connectivity index is 1.80. The highest BCUT2D eigenvalue weighted by molar-refractivity contribution is 5.81. The molecule has 3 aromatic rings. The summed E-state index contributed by atoms with van der Waals surface area (Å²) in [6, 6.07) is 8.18. The maximum Gasteiger partial charge on any atom is 0.241 e. The van der Waals surface area contributed by atoms with Crippen molar-refractivity contribution >= 4 is 17.2 Å². The lowest BCUT2D eigenvalue weighted by atomic mass is 10.0. The van der Waals surface area contributed by atoms with Gasteiger partial charge in [0.2, 0.25) is 5.95 Å². The Morgan fingerprint density at radius 2 is 2.12 bits per heavy atom. The van der Waals surface area contributed by atoms with Crippen LogP contribution < -0.4 is 5.32 Å². The van der Waals surface area contributed by atoms with Gasteiger partial charge in [0.05, 0.1) is 30.1 Å². The molecule has 3 rings (SSSR count). The van der Waals surface area contributed by atoms with E-state index in [0.29, 0.717) is 19.1 Å². The summed E-state index contributed by atoms with van der Waals surface area (Å²) in [5.41, 5.74) is 5.11. The van der Waals surface area contributed by atoms with Crippen LogP contribution in [0.4, 0.5) is 11.6 Å². The lowest BCUT2D eigenvalue weighted by molar-refractivity contribution is 0.0869. The lowest BCUT2D eigenvalue weighted by Crippen LogP contribution is -2.15. The number of azo groups is 1. The Kier molecular flexibility index (Phi) is 5.58. The number of nitrogens with one attached hydrogen (secondary N) is 1. The zero-order valence-corrected chi connectivity index (χ0v) is 15.6. The fraction of sp³-hybridized carbons (Fsp3) is 0.368. The molecule has 0 aliphatic rings. The number of aromatic nitrogens is 3. The monoisotopic (exact) mass is 352 g/mol. The molecule has 0 radical (unpaired) electrons. The minimum absolute atomic E-state index is 0.223.